The third kappa shape index (κ3) is 6.72. The quantitative estimate of drug-likeness (QED) is 0.169. The summed E-state index contributed by atoms with van der Waals surface area (Å²) in [5.41, 5.74) is 7.15. The number of H-pyrrole nitrogens is 2. The maximum absolute atomic E-state index is 13.1. The Morgan fingerprint density at radius 3 is 1.62 bits per heavy atom. The molecule has 0 radical (unpaired) electrons. The number of nitrogens with zero attached hydrogens (tertiary/aromatic N) is 4. The van der Waals surface area contributed by atoms with Gasteiger partial charge in [-0.15, -0.1) is 0 Å². The summed E-state index contributed by atoms with van der Waals surface area (Å²) in [6.45, 7) is 2.97. The summed E-state index contributed by atoms with van der Waals surface area (Å²) >= 11 is 0. The Morgan fingerprint density at radius 1 is 0.646 bits per heavy atom. The fraction of sp³-hybridized carbons (Fsp3) is 0.308. The van der Waals surface area contributed by atoms with Gasteiger partial charge in [0.05, 0.1) is 42.3 Å². The first-order valence-corrected chi connectivity index (χ1v) is 16.9. The molecule has 3 aromatic carbocycles. The van der Waals surface area contributed by atoms with Crippen LogP contribution in [0.4, 0.5) is 0 Å². The second-order valence-electron chi connectivity index (χ2n) is 12.9. The molecule has 0 unspecified atom stereocenters. The van der Waals surface area contributed by atoms with Crippen LogP contribution >= 0.6 is 0 Å². The molecule has 2 fully saturated rings. The van der Waals surface area contributed by atoms with E-state index in [-0.39, 0.29) is 42.5 Å². The van der Waals surface area contributed by atoms with Gasteiger partial charge in [-0.1, -0.05) is 78.9 Å². The smallest absolute Gasteiger partial charge is 0.227 e. The SMILES string of the molecule is CC(=O)CCC(=O)N1CCC[C@H]1c1ncc(-c2ccc(-c3ccc(-c4cnc([C@@H]5CCCN5C(=O)Cc5ccccc5)[nH]4)cc3)cc2)[nH]1. The number of nitrogens with one attached hydrogen (secondary N) is 2. The van der Waals surface area contributed by atoms with E-state index in [1.54, 1.807) is 0 Å². The number of ketones is 1. The molecule has 2 aromatic heterocycles. The van der Waals surface area contributed by atoms with Crippen molar-refractivity contribution in [2.45, 2.75) is 64.0 Å². The fourth-order valence-corrected chi connectivity index (χ4v) is 6.99. The van der Waals surface area contributed by atoms with Gasteiger partial charge in [0, 0.05) is 25.9 Å². The Labute approximate surface area is 280 Å². The molecule has 0 spiro atoms. The lowest BCUT2D eigenvalue weighted by molar-refractivity contribution is -0.134. The highest BCUT2D eigenvalue weighted by atomic mass is 16.2. The van der Waals surface area contributed by atoms with E-state index < -0.39 is 0 Å². The maximum atomic E-state index is 13.1. The van der Waals surface area contributed by atoms with Gasteiger partial charge in [0.2, 0.25) is 11.8 Å². The summed E-state index contributed by atoms with van der Waals surface area (Å²) in [4.78, 5) is 57.3. The molecule has 2 saturated heterocycles. The number of hydrogen-bond donors (Lipinski definition) is 2. The number of carbonyl (C=O) groups excluding carboxylic acids is 3. The van der Waals surface area contributed by atoms with Gasteiger partial charge in [-0.3, -0.25) is 9.59 Å². The Bertz CT molecular complexity index is 1890. The van der Waals surface area contributed by atoms with Crippen molar-refractivity contribution in [1.29, 1.82) is 0 Å². The van der Waals surface area contributed by atoms with Gasteiger partial charge in [-0.25, -0.2) is 9.97 Å². The molecule has 0 bridgehead atoms. The third-order valence-electron chi connectivity index (χ3n) is 9.58. The van der Waals surface area contributed by atoms with E-state index in [0.717, 1.165) is 83.1 Å². The van der Waals surface area contributed by atoms with Crippen molar-refractivity contribution in [3.05, 3.63) is 108 Å². The van der Waals surface area contributed by atoms with Crippen LogP contribution in [0.5, 0.6) is 0 Å². The van der Waals surface area contributed by atoms with Crippen molar-refractivity contribution in [1.82, 2.24) is 29.7 Å². The van der Waals surface area contributed by atoms with E-state index in [9.17, 15) is 14.4 Å². The summed E-state index contributed by atoms with van der Waals surface area (Å²) in [5, 5.41) is 0. The van der Waals surface area contributed by atoms with Crippen molar-refractivity contribution in [3.63, 3.8) is 0 Å². The standard InChI is InChI=1S/C39H40N6O3/c1-26(46)11-20-36(47)44-21-5-9-34(44)38-40-24-32(42-38)30-16-12-28(13-17-30)29-14-18-31(19-15-29)33-25-41-39(43-33)35-10-6-22-45(35)37(48)23-27-7-3-2-4-8-27/h2-4,7-8,12-19,24-25,34-35H,5-6,9-11,20-23H2,1H3,(H,40,42)(H,41,43)/t34-,35-/m0/s1. The summed E-state index contributed by atoms with van der Waals surface area (Å²) in [7, 11) is 0. The van der Waals surface area contributed by atoms with Crippen molar-refractivity contribution < 1.29 is 14.4 Å². The van der Waals surface area contributed by atoms with Crippen molar-refractivity contribution >= 4 is 17.6 Å². The van der Waals surface area contributed by atoms with Crippen LogP contribution in [0, 0.1) is 0 Å². The Morgan fingerprint density at radius 2 is 1.12 bits per heavy atom. The summed E-state index contributed by atoms with van der Waals surface area (Å²) in [6.07, 6.45) is 8.30. The molecule has 4 heterocycles. The van der Waals surface area contributed by atoms with Gasteiger partial charge in [-0.2, -0.15) is 0 Å². The van der Waals surface area contributed by atoms with E-state index >= 15 is 0 Å². The van der Waals surface area contributed by atoms with Crippen LogP contribution in [0.3, 0.4) is 0 Å². The number of likely N-dealkylation sites (tertiary alicyclic amines) is 2. The minimum Gasteiger partial charge on any atom is -0.340 e. The average molecular weight is 641 g/mol. The number of aromatic nitrogens is 4. The molecule has 244 valence electrons. The van der Waals surface area contributed by atoms with Gasteiger partial charge in [-0.05, 0) is 60.4 Å². The van der Waals surface area contributed by atoms with E-state index in [4.69, 9.17) is 4.98 Å². The first kappa shape index (κ1) is 31.3. The zero-order chi connectivity index (χ0) is 33.0. The molecule has 2 aliphatic rings. The van der Waals surface area contributed by atoms with Crippen LogP contribution in [-0.2, 0) is 20.8 Å². The molecule has 7 rings (SSSR count). The maximum Gasteiger partial charge on any atom is 0.227 e. The second kappa shape index (κ2) is 13.8. The monoisotopic (exact) mass is 640 g/mol. The van der Waals surface area contributed by atoms with E-state index in [0.29, 0.717) is 13.0 Å². The lowest BCUT2D eigenvalue weighted by Gasteiger charge is -2.23. The molecular weight excluding hydrogens is 600 g/mol. The largest absolute Gasteiger partial charge is 0.340 e. The van der Waals surface area contributed by atoms with Crippen LogP contribution in [0.25, 0.3) is 33.6 Å². The van der Waals surface area contributed by atoms with Gasteiger partial charge in [0.1, 0.15) is 17.4 Å². The summed E-state index contributed by atoms with van der Waals surface area (Å²) < 4.78 is 0. The Balaban J connectivity index is 0.992. The molecule has 0 saturated carbocycles. The first-order valence-electron chi connectivity index (χ1n) is 16.9. The highest BCUT2D eigenvalue weighted by molar-refractivity contribution is 5.84. The predicted octanol–water partition coefficient (Wildman–Crippen LogP) is 7.07. The Hall–Kier alpha value is -5.31. The minimum atomic E-state index is -0.0822. The highest BCUT2D eigenvalue weighted by Crippen LogP contribution is 2.34. The lowest BCUT2D eigenvalue weighted by Crippen LogP contribution is -2.32. The molecule has 2 N–H and O–H groups in total. The molecule has 9 nitrogen and oxygen atoms in total. The number of amides is 2. The molecule has 0 aliphatic carbocycles. The van der Waals surface area contributed by atoms with Crippen molar-refractivity contribution in [3.8, 4) is 33.6 Å². The Kier molecular flexibility index (Phi) is 9.01. The van der Waals surface area contributed by atoms with Crippen molar-refractivity contribution in [2.75, 3.05) is 13.1 Å². The molecular formula is C39H40N6O3. The number of hydrogen-bond acceptors (Lipinski definition) is 5. The molecule has 9 heteroatoms. The van der Waals surface area contributed by atoms with E-state index in [1.807, 2.05) is 52.5 Å². The van der Waals surface area contributed by atoms with Crippen LogP contribution in [0.15, 0.2) is 91.3 Å². The van der Waals surface area contributed by atoms with Gasteiger partial charge in [0.15, 0.2) is 0 Å². The summed E-state index contributed by atoms with van der Waals surface area (Å²) in [6, 6.07) is 26.6. The first-order chi connectivity index (χ1) is 23.4. The molecule has 2 aliphatic heterocycles. The number of benzene rings is 3. The van der Waals surface area contributed by atoms with Gasteiger partial charge < -0.3 is 24.6 Å². The fourth-order valence-electron chi connectivity index (χ4n) is 6.99. The van der Waals surface area contributed by atoms with E-state index in [2.05, 4.69) is 63.5 Å². The van der Waals surface area contributed by atoms with Gasteiger partial charge in [0.25, 0.3) is 0 Å². The number of Topliss-reactive ketones (excluding diaryl/α,β-unsaturated/α-hetero) is 1. The number of rotatable bonds is 10. The van der Waals surface area contributed by atoms with E-state index in [1.165, 1.54) is 6.92 Å². The zero-order valence-electron chi connectivity index (χ0n) is 27.2. The van der Waals surface area contributed by atoms with Crippen molar-refractivity contribution in [2.24, 2.45) is 0 Å². The zero-order valence-corrected chi connectivity index (χ0v) is 27.2. The van der Waals surface area contributed by atoms with Crippen LogP contribution in [-0.4, -0.2) is 60.4 Å². The number of aromatic amines is 2. The highest BCUT2D eigenvalue weighted by Gasteiger charge is 2.33. The summed E-state index contributed by atoms with van der Waals surface area (Å²) in [5.74, 6) is 1.82. The molecule has 2 amide bonds. The molecule has 2 atom stereocenters. The lowest BCUT2D eigenvalue weighted by atomic mass is 10.0. The van der Waals surface area contributed by atoms with Crippen LogP contribution < -0.4 is 0 Å². The third-order valence-corrected chi connectivity index (χ3v) is 9.58. The molecule has 5 aromatic rings. The van der Waals surface area contributed by atoms with Crippen LogP contribution in [0.2, 0.25) is 0 Å². The van der Waals surface area contributed by atoms with Gasteiger partial charge >= 0.3 is 0 Å². The molecule has 48 heavy (non-hydrogen) atoms. The number of imidazole rings is 2. The number of carbonyl (C=O) groups is 3. The van der Waals surface area contributed by atoms with Crippen LogP contribution in [0.1, 0.15) is 74.7 Å². The topological polar surface area (TPSA) is 115 Å². The second-order valence-corrected chi connectivity index (χ2v) is 12.9. The average Bonchev–Trinajstić information content (AvgIpc) is 3.94. The predicted molar refractivity (Wildman–Crippen MR) is 184 cm³/mol. The minimum absolute atomic E-state index is 0.0143. The normalized spacial score (nSPS) is 17.6.